The molecule has 1 aliphatic carbocycles. The number of carbonyl (C=O) groups excluding carboxylic acids is 1. The Morgan fingerprint density at radius 3 is 2.84 bits per heavy atom. The van der Waals surface area contributed by atoms with Crippen LogP contribution in [0.25, 0.3) is 27.8 Å². The Morgan fingerprint density at radius 2 is 1.89 bits per heavy atom. The molecule has 90 valence electrons. The van der Waals surface area contributed by atoms with Crippen LogP contribution in [0.1, 0.15) is 22.5 Å². The summed E-state index contributed by atoms with van der Waals surface area (Å²) in [5.74, 6) is 0.0642. The van der Waals surface area contributed by atoms with E-state index in [9.17, 15) is 4.79 Å². The average molecular weight is 246 g/mol. The summed E-state index contributed by atoms with van der Waals surface area (Å²) in [4.78, 5) is 20.7. The molecule has 0 radical (unpaired) electrons. The molecule has 3 aromatic rings. The fourth-order valence-corrected chi connectivity index (χ4v) is 2.60. The summed E-state index contributed by atoms with van der Waals surface area (Å²) in [7, 11) is 0. The first-order valence-corrected chi connectivity index (χ1v) is 6.21. The number of hydrogen-bond acceptors (Lipinski definition) is 3. The monoisotopic (exact) mass is 246 g/mol. The first-order valence-electron chi connectivity index (χ1n) is 6.21. The molecule has 4 rings (SSSR count). The number of aromatic nitrogens is 2. The maximum atomic E-state index is 11.9. The molecule has 1 aliphatic rings. The predicted octanol–water partition coefficient (Wildman–Crippen LogP) is 3.38. The van der Waals surface area contributed by atoms with Gasteiger partial charge in [0.2, 0.25) is 0 Å². The Balaban J connectivity index is 2.20. The van der Waals surface area contributed by atoms with E-state index < -0.39 is 0 Å². The molecule has 2 aromatic heterocycles. The van der Waals surface area contributed by atoms with E-state index in [2.05, 4.69) is 16.0 Å². The molecule has 0 spiro atoms. The minimum absolute atomic E-state index is 0.0642. The van der Waals surface area contributed by atoms with Gasteiger partial charge in [0.25, 0.3) is 0 Å². The lowest BCUT2D eigenvalue weighted by molar-refractivity contribution is 0.0990. The molecule has 0 amide bonds. The molecule has 1 aromatic carbocycles. The highest BCUT2D eigenvalue weighted by atomic mass is 16.1. The number of Topliss-reactive ketones (excluding diaryl/α,β-unsaturated/α-hetero) is 1. The number of pyridine rings is 2. The zero-order valence-electron chi connectivity index (χ0n) is 10.1. The molecule has 0 atom stereocenters. The third kappa shape index (κ3) is 1.41. The standard InChI is InChI=1S/C16H10N2O/c19-14-7-3-6-12-15-13(9-18-16(12)14)11-5-2-1-4-10(11)8-17-15/h1-6,8-9H,7H2. The summed E-state index contributed by atoms with van der Waals surface area (Å²) in [5, 5.41) is 3.20. The minimum atomic E-state index is 0.0642. The van der Waals surface area contributed by atoms with Gasteiger partial charge in [0, 0.05) is 35.2 Å². The Kier molecular flexibility index (Phi) is 2.03. The maximum absolute atomic E-state index is 11.9. The summed E-state index contributed by atoms with van der Waals surface area (Å²) >= 11 is 0. The average Bonchev–Trinajstić information content (AvgIpc) is 2.47. The van der Waals surface area contributed by atoms with Crippen molar-refractivity contribution in [2.45, 2.75) is 6.42 Å². The van der Waals surface area contributed by atoms with Crippen LogP contribution in [0.3, 0.4) is 0 Å². The van der Waals surface area contributed by atoms with Gasteiger partial charge in [-0.2, -0.15) is 0 Å². The van der Waals surface area contributed by atoms with Crippen molar-refractivity contribution in [2.75, 3.05) is 0 Å². The number of benzene rings is 1. The molecular formula is C16H10N2O. The van der Waals surface area contributed by atoms with Crippen molar-refractivity contribution in [3.8, 4) is 0 Å². The molecule has 0 saturated heterocycles. The van der Waals surface area contributed by atoms with E-state index in [1.165, 1.54) is 0 Å². The molecule has 0 saturated carbocycles. The molecule has 0 fully saturated rings. The molecule has 0 N–H and O–H groups in total. The van der Waals surface area contributed by atoms with Gasteiger partial charge in [0.15, 0.2) is 5.78 Å². The van der Waals surface area contributed by atoms with E-state index in [1.54, 1.807) is 6.20 Å². The van der Waals surface area contributed by atoms with Gasteiger partial charge in [-0.3, -0.25) is 14.8 Å². The van der Waals surface area contributed by atoms with Gasteiger partial charge in [-0.1, -0.05) is 36.4 Å². The van der Waals surface area contributed by atoms with Crippen molar-refractivity contribution < 1.29 is 4.79 Å². The van der Waals surface area contributed by atoms with Gasteiger partial charge in [-0.05, 0) is 5.39 Å². The van der Waals surface area contributed by atoms with Crippen molar-refractivity contribution in [3.63, 3.8) is 0 Å². The van der Waals surface area contributed by atoms with Crippen LogP contribution in [-0.2, 0) is 0 Å². The lowest BCUT2D eigenvalue weighted by Crippen LogP contribution is -2.08. The van der Waals surface area contributed by atoms with Gasteiger partial charge >= 0.3 is 0 Å². The Bertz CT molecular complexity index is 865. The third-order valence-electron chi connectivity index (χ3n) is 3.52. The van der Waals surface area contributed by atoms with Gasteiger partial charge in [0.05, 0.1) is 5.52 Å². The topological polar surface area (TPSA) is 42.9 Å². The fraction of sp³-hybridized carbons (Fsp3) is 0.0625. The predicted molar refractivity (Wildman–Crippen MR) is 75.0 cm³/mol. The van der Waals surface area contributed by atoms with Crippen LogP contribution in [0.4, 0.5) is 0 Å². The van der Waals surface area contributed by atoms with Gasteiger partial charge < -0.3 is 0 Å². The summed E-state index contributed by atoms with van der Waals surface area (Å²) in [6, 6.07) is 8.08. The normalized spacial score (nSPS) is 14.0. The van der Waals surface area contributed by atoms with Crippen LogP contribution >= 0.6 is 0 Å². The van der Waals surface area contributed by atoms with Crippen molar-refractivity contribution in [2.24, 2.45) is 0 Å². The molecule has 0 aliphatic heterocycles. The van der Waals surface area contributed by atoms with Gasteiger partial charge in [0.1, 0.15) is 5.69 Å². The minimum Gasteiger partial charge on any atom is -0.292 e. The number of hydrogen-bond donors (Lipinski definition) is 0. The van der Waals surface area contributed by atoms with Crippen molar-refractivity contribution >= 4 is 33.5 Å². The summed E-state index contributed by atoms with van der Waals surface area (Å²) < 4.78 is 0. The van der Waals surface area contributed by atoms with E-state index in [0.29, 0.717) is 12.1 Å². The molecule has 2 heterocycles. The number of rotatable bonds is 0. The summed E-state index contributed by atoms with van der Waals surface area (Å²) in [6.45, 7) is 0. The van der Waals surface area contributed by atoms with Crippen LogP contribution in [-0.4, -0.2) is 15.8 Å². The first kappa shape index (κ1) is 10.4. The van der Waals surface area contributed by atoms with Crippen LogP contribution in [0, 0.1) is 0 Å². The zero-order valence-corrected chi connectivity index (χ0v) is 10.1. The van der Waals surface area contributed by atoms with E-state index in [-0.39, 0.29) is 5.78 Å². The fourth-order valence-electron chi connectivity index (χ4n) is 2.60. The zero-order chi connectivity index (χ0) is 12.8. The maximum Gasteiger partial charge on any atom is 0.185 e. The van der Waals surface area contributed by atoms with Gasteiger partial charge in [-0.15, -0.1) is 0 Å². The highest BCUT2D eigenvalue weighted by molar-refractivity contribution is 6.12. The van der Waals surface area contributed by atoms with Crippen molar-refractivity contribution in [3.05, 3.63) is 54.0 Å². The summed E-state index contributed by atoms with van der Waals surface area (Å²) in [5.41, 5.74) is 2.24. The Hall–Kier alpha value is -2.55. The first-order chi connectivity index (χ1) is 9.34. The number of allylic oxidation sites excluding steroid dienone is 1. The van der Waals surface area contributed by atoms with E-state index >= 15 is 0 Å². The number of carbonyl (C=O) groups is 1. The van der Waals surface area contributed by atoms with Crippen LogP contribution in [0.5, 0.6) is 0 Å². The SMILES string of the molecule is O=C1CC=Cc2c1ncc1c2ncc2ccccc21. The lowest BCUT2D eigenvalue weighted by Gasteiger charge is -2.11. The number of fused-ring (bicyclic) bond motifs is 5. The second kappa shape index (κ2) is 3.72. The van der Waals surface area contributed by atoms with Crippen molar-refractivity contribution in [1.29, 1.82) is 0 Å². The molecule has 3 nitrogen and oxygen atoms in total. The Labute approximate surface area is 109 Å². The van der Waals surface area contributed by atoms with E-state index in [4.69, 9.17) is 0 Å². The quantitative estimate of drug-likeness (QED) is 0.571. The largest absolute Gasteiger partial charge is 0.292 e. The smallest absolute Gasteiger partial charge is 0.185 e. The molecule has 3 heteroatoms. The molecule has 0 unspecified atom stereocenters. The molecule has 0 bridgehead atoms. The third-order valence-corrected chi connectivity index (χ3v) is 3.52. The second-order valence-corrected chi connectivity index (χ2v) is 4.66. The van der Waals surface area contributed by atoms with Crippen LogP contribution in [0.15, 0.2) is 42.7 Å². The molecular weight excluding hydrogens is 236 g/mol. The van der Waals surface area contributed by atoms with E-state index in [1.807, 2.05) is 36.5 Å². The number of ketones is 1. The van der Waals surface area contributed by atoms with Gasteiger partial charge in [-0.25, -0.2) is 0 Å². The lowest BCUT2D eigenvalue weighted by atomic mass is 9.97. The number of nitrogens with zero attached hydrogens (tertiary/aromatic N) is 2. The van der Waals surface area contributed by atoms with E-state index in [0.717, 1.165) is 27.2 Å². The summed E-state index contributed by atoms with van der Waals surface area (Å²) in [6.07, 6.45) is 7.88. The van der Waals surface area contributed by atoms with Crippen LogP contribution < -0.4 is 0 Å². The Morgan fingerprint density at radius 1 is 1.00 bits per heavy atom. The molecule has 19 heavy (non-hydrogen) atoms. The van der Waals surface area contributed by atoms with Crippen molar-refractivity contribution in [1.82, 2.24) is 9.97 Å². The highest BCUT2D eigenvalue weighted by Crippen LogP contribution is 2.29. The van der Waals surface area contributed by atoms with Crippen LogP contribution in [0.2, 0.25) is 0 Å². The highest BCUT2D eigenvalue weighted by Gasteiger charge is 2.18. The second-order valence-electron chi connectivity index (χ2n) is 4.66.